The van der Waals surface area contributed by atoms with Crippen LogP contribution in [-0.2, 0) is 4.74 Å². The fourth-order valence-electron chi connectivity index (χ4n) is 2.27. The highest BCUT2D eigenvalue weighted by molar-refractivity contribution is 5.94. The first kappa shape index (κ1) is 14.6. The Labute approximate surface area is 119 Å². The normalized spacial score (nSPS) is 17.4. The number of benzene rings is 1. The molecule has 1 aliphatic heterocycles. The van der Waals surface area contributed by atoms with Crippen molar-refractivity contribution in [3.63, 3.8) is 0 Å². The SMILES string of the molecule is Cc1cc(C(=O)N(C)C2CCOC2)ccc1C#CCO. The summed E-state index contributed by atoms with van der Waals surface area (Å²) in [7, 11) is 1.82. The van der Waals surface area contributed by atoms with Gasteiger partial charge in [0, 0.05) is 24.8 Å². The van der Waals surface area contributed by atoms with Gasteiger partial charge >= 0.3 is 0 Å². The van der Waals surface area contributed by atoms with Crippen molar-refractivity contribution in [1.29, 1.82) is 0 Å². The second kappa shape index (κ2) is 6.56. The van der Waals surface area contributed by atoms with Gasteiger partial charge < -0.3 is 14.7 Å². The molecule has 4 heteroatoms. The van der Waals surface area contributed by atoms with Gasteiger partial charge in [0.25, 0.3) is 5.91 Å². The third-order valence-electron chi connectivity index (χ3n) is 3.55. The summed E-state index contributed by atoms with van der Waals surface area (Å²) in [5, 5.41) is 8.71. The molecular formula is C16H19NO3. The molecule has 0 saturated carbocycles. The molecule has 0 aliphatic carbocycles. The van der Waals surface area contributed by atoms with E-state index in [1.165, 1.54) is 0 Å². The van der Waals surface area contributed by atoms with E-state index in [0.29, 0.717) is 12.2 Å². The molecule has 0 aromatic heterocycles. The molecule has 106 valence electrons. The predicted octanol–water partition coefficient (Wildman–Crippen LogP) is 1.20. The summed E-state index contributed by atoms with van der Waals surface area (Å²) in [6.07, 6.45) is 0.890. The van der Waals surface area contributed by atoms with Crippen LogP contribution in [0.1, 0.15) is 27.9 Å². The fourth-order valence-corrected chi connectivity index (χ4v) is 2.27. The Hall–Kier alpha value is -1.83. The summed E-state index contributed by atoms with van der Waals surface area (Å²) in [5.41, 5.74) is 2.43. The van der Waals surface area contributed by atoms with E-state index in [1.54, 1.807) is 11.0 Å². The van der Waals surface area contributed by atoms with Crippen molar-refractivity contribution in [3.05, 3.63) is 34.9 Å². The number of aryl methyl sites for hydroxylation is 1. The van der Waals surface area contributed by atoms with Crippen molar-refractivity contribution in [2.24, 2.45) is 0 Å². The quantitative estimate of drug-likeness (QED) is 0.824. The average Bonchev–Trinajstić information content (AvgIpc) is 2.98. The zero-order valence-corrected chi connectivity index (χ0v) is 11.8. The summed E-state index contributed by atoms with van der Waals surface area (Å²) in [6.45, 7) is 3.08. The average molecular weight is 273 g/mol. The minimum atomic E-state index is -0.162. The lowest BCUT2D eigenvalue weighted by molar-refractivity contribution is 0.0711. The van der Waals surface area contributed by atoms with Gasteiger partial charge in [0.2, 0.25) is 0 Å². The molecule has 1 fully saturated rings. The van der Waals surface area contributed by atoms with Crippen molar-refractivity contribution in [1.82, 2.24) is 4.90 Å². The number of nitrogens with zero attached hydrogens (tertiary/aromatic N) is 1. The van der Waals surface area contributed by atoms with Crippen LogP contribution in [0.2, 0.25) is 0 Å². The van der Waals surface area contributed by atoms with E-state index >= 15 is 0 Å². The molecule has 0 radical (unpaired) electrons. The lowest BCUT2D eigenvalue weighted by atomic mass is 10.0. The van der Waals surface area contributed by atoms with Crippen LogP contribution < -0.4 is 0 Å². The Morgan fingerprint density at radius 2 is 2.35 bits per heavy atom. The van der Waals surface area contributed by atoms with Gasteiger partial charge in [0.1, 0.15) is 6.61 Å². The fraction of sp³-hybridized carbons (Fsp3) is 0.438. The Morgan fingerprint density at radius 1 is 1.55 bits per heavy atom. The largest absolute Gasteiger partial charge is 0.384 e. The smallest absolute Gasteiger partial charge is 0.253 e. The number of hydrogen-bond donors (Lipinski definition) is 1. The highest BCUT2D eigenvalue weighted by atomic mass is 16.5. The molecule has 0 bridgehead atoms. The van der Waals surface area contributed by atoms with E-state index in [2.05, 4.69) is 11.8 Å². The van der Waals surface area contributed by atoms with Crippen LogP contribution in [0, 0.1) is 18.8 Å². The van der Waals surface area contributed by atoms with Crippen LogP contribution in [-0.4, -0.2) is 48.8 Å². The van der Waals surface area contributed by atoms with Crippen molar-refractivity contribution in [2.45, 2.75) is 19.4 Å². The third kappa shape index (κ3) is 3.19. The maximum absolute atomic E-state index is 12.4. The highest BCUT2D eigenvalue weighted by Gasteiger charge is 2.24. The first-order chi connectivity index (χ1) is 9.63. The lowest BCUT2D eigenvalue weighted by Gasteiger charge is -2.23. The number of carbonyl (C=O) groups excluding carboxylic acids is 1. The van der Waals surface area contributed by atoms with Crippen molar-refractivity contribution >= 4 is 5.91 Å². The molecule has 20 heavy (non-hydrogen) atoms. The maximum Gasteiger partial charge on any atom is 0.253 e. The summed E-state index contributed by atoms with van der Waals surface area (Å²) < 4.78 is 5.32. The Bertz CT molecular complexity index is 551. The molecule has 1 atom stereocenters. The van der Waals surface area contributed by atoms with Gasteiger partial charge in [-0.05, 0) is 37.1 Å². The summed E-state index contributed by atoms with van der Waals surface area (Å²) >= 11 is 0. The van der Waals surface area contributed by atoms with Gasteiger partial charge in [0.05, 0.1) is 12.6 Å². The minimum Gasteiger partial charge on any atom is -0.384 e. The monoisotopic (exact) mass is 273 g/mol. The van der Waals surface area contributed by atoms with Gasteiger partial charge in [-0.15, -0.1) is 0 Å². The van der Waals surface area contributed by atoms with Crippen molar-refractivity contribution < 1.29 is 14.6 Å². The lowest BCUT2D eigenvalue weighted by Crippen LogP contribution is -2.37. The van der Waals surface area contributed by atoms with E-state index in [0.717, 1.165) is 24.2 Å². The number of aliphatic hydroxyl groups excluding tert-OH is 1. The second-order valence-corrected chi connectivity index (χ2v) is 4.92. The molecule has 1 saturated heterocycles. The van der Waals surface area contributed by atoms with Crippen molar-refractivity contribution in [3.8, 4) is 11.8 Å². The van der Waals surface area contributed by atoms with E-state index in [-0.39, 0.29) is 18.6 Å². The van der Waals surface area contributed by atoms with Gasteiger partial charge in [0.15, 0.2) is 0 Å². The molecule has 1 amide bonds. The number of likely N-dealkylation sites (N-methyl/N-ethyl adjacent to an activating group) is 1. The van der Waals surface area contributed by atoms with Crippen LogP contribution in [0.4, 0.5) is 0 Å². The molecule has 1 aromatic carbocycles. The van der Waals surface area contributed by atoms with E-state index in [1.807, 2.05) is 26.1 Å². The van der Waals surface area contributed by atoms with Crippen LogP contribution in [0.5, 0.6) is 0 Å². The first-order valence-corrected chi connectivity index (χ1v) is 6.68. The molecule has 1 heterocycles. The third-order valence-corrected chi connectivity index (χ3v) is 3.55. The molecule has 0 spiro atoms. The number of carbonyl (C=O) groups is 1. The molecule has 1 unspecified atom stereocenters. The van der Waals surface area contributed by atoms with E-state index in [9.17, 15) is 4.79 Å². The van der Waals surface area contributed by atoms with E-state index < -0.39 is 0 Å². The molecular weight excluding hydrogens is 254 g/mol. The zero-order valence-electron chi connectivity index (χ0n) is 11.8. The van der Waals surface area contributed by atoms with Gasteiger partial charge in [-0.25, -0.2) is 0 Å². The van der Waals surface area contributed by atoms with Crippen LogP contribution >= 0.6 is 0 Å². The number of ether oxygens (including phenoxy) is 1. The van der Waals surface area contributed by atoms with Gasteiger partial charge in [-0.1, -0.05) is 11.8 Å². The standard InChI is InChI=1S/C16H19NO3/c1-12-10-14(6-5-13(12)4-3-8-18)16(19)17(2)15-7-9-20-11-15/h5-6,10,15,18H,7-9,11H2,1-2H3. The Morgan fingerprint density at radius 3 is 2.95 bits per heavy atom. The van der Waals surface area contributed by atoms with Crippen LogP contribution in [0.15, 0.2) is 18.2 Å². The van der Waals surface area contributed by atoms with E-state index in [4.69, 9.17) is 9.84 Å². The first-order valence-electron chi connectivity index (χ1n) is 6.68. The molecule has 1 aliphatic rings. The number of aliphatic hydroxyl groups is 1. The van der Waals surface area contributed by atoms with Crippen molar-refractivity contribution in [2.75, 3.05) is 26.9 Å². The minimum absolute atomic E-state index is 0.00488. The van der Waals surface area contributed by atoms with Gasteiger partial charge in [-0.2, -0.15) is 0 Å². The predicted molar refractivity (Wildman–Crippen MR) is 76.5 cm³/mol. The molecule has 1 N–H and O–H groups in total. The Balaban J connectivity index is 2.16. The topological polar surface area (TPSA) is 49.8 Å². The summed E-state index contributed by atoms with van der Waals surface area (Å²) in [5.74, 6) is 5.49. The maximum atomic E-state index is 12.4. The summed E-state index contributed by atoms with van der Waals surface area (Å²) in [4.78, 5) is 14.2. The summed E-state index contributed by atoms with van der Waals surface area (Å²) in [6, 6.07) is 5.61. The van der Waals surface area contributed by atoms with Crippen LogP contribution in [0.3, 0.4) is 0 Å². The Kier molecular flexibility index (Phi) is 4.78. The number of rotatable bonds is 2. The second-order valence-electron chi connectivity index (χ2n) is 4.92. The highest BCUT2D eigenvalue weighted by Crippen LogP contribution is 2.16. The van der Waals surface area contributed by atoms with Gasteiger partial charge in [-0.3, -0.25) is 4.79 Å². The van der Waals surface area contributed by atoms with Crippen LogP contribution in [0.25, 0.3) is 0 Å². The molecule has 2 rings (SSSR count). The number of hydrogen-bond acceptors (Lipinski definition) is 3. The molecule has 1 aromatic rings. The zero-order chi connectivity index (χ0) is 14.5. The number of amides is 1. The molecule has 4 nitrogen and oxygen atoms in total.